The molecule has 8 nitrogen and oxygen atoms in total. The van der Waals surface area contributed by atoms with Crippen LogP contribution >= 0.6 is 12.4 Å². The van der Waals surface area contributed by atoms with Crippen LogP contribution in [0.4, 0.5) is 5.69 Å². The minimum Gasteiger partial charge on any atom is -0.475 e. The fourth-order valence-corrected chi connectivity index (χ4v) is 3.22. The van der Waals surface area contributed by atoms with Crippen molar-refractivity contribution in [2.75, 3.05) is 26.8 Å². The number of nitrogens with zero attached hydrogens (tertiary/aromatic N) is 2. The molecule has 26 heavy (non-hydrogen) atoms. The number of hydrogen-bond acceptors (Lipinski definition) is 7. The van der Waals surface area contributed by atoms with Gasteiger partial charge in [0.25, 0.3) is 0 Å². The zero-order chi connectivity index (χ0) is 17.8. The van der Waals surface area contributed by atoms with Gasteiger partial charge in [-0.05, 0) is 37.4 Å². The summed E-state index contributed by atoms with van der Waals surface area (Å²) < 4.78 is 9.72. The first kappa shape index (κ1) is 20.4. The molecule has 1 aliphatic carbocycles. The molecule has 144 valence electrons. The second kappa shape index (κ2) is 9.16. The number of carbonyl (C=O) groups excluding carboxylic acids is 1. The maximum Gasteiger partial charge on any atom is 0.343 e. The molecule has 0 aromatic heterocycles. The average molecular weight is 386 g/mol. The SMILES string of the molecule is COC(=O)COc1ccc(CN(C2CC2)C2CCNC2)cc1[N+](=O)[O-].Cl. The molecule has 1 unspecified atom stereocenters. The topological polar surface area (TPSA) is 93.9 Å². The van der Waals surface area contributed by atoms with E-state index in [1.807, 2.05) is 6.07 Å². The Bertz CT molecular complexity index is 647. The number of carbonyl (C=O) groups is 1. The van der Waals surface area contributed by atoms with Crippen molar-refractivity contribution in [1.29, 1.82) is 0 Å². The summed E-state index contributed by atoms with van der Waals surface area (Å²) in [6.07, 6.45) is 3.50. The van der Waals surface area contributed by atoms with Crippen LogP contribution in [-0.4, -0.2) is 54.7 Å². The van der Waals surface area contributed by atoms with Crippen LogP contribution in [0.15, 0.2) is 18.2 Å². The Labute approximate surface area is 158 Å². The molecule has 9 heteroatoms. The summed E-state index contributed by atoms with van der Waals surface area (Å²) in [6, 6.07) is 6.01. The third kappa shape index (κ3) is 5.06. The maximum absolute atomic E-state index is 11.4. The molecule has 2 fully saturated rings. The van der Waals surface area contributed by atoms with Crippen LogP contribution in [0, 0.1) is 10.1 Å². The molecule has 1 N–H and O–H groups in total. The van der Waals surface area contributed by atoms with E-state index < -0.39 is 10.9 Å². The number of nitro benzene ring substituents is 1. The van der Waals surface area contributed by atoms with Gasteiger partial charge in [-0.3, -0.25) is 15.0 Å². The number of hydrogen-bond donors (Lipinski definition) is 1. The Kier molecular flexibility index (Phi) is 7.19. The standard InChI is InChI=1S/C17H23N3O5.ClH/c1-24-17(21)11-25-16-5-2-12(8-15(16)20(22)23)10-19(13-3-4-13)14-6-7-18-9-14;/h2,5,8,13-14,18H,3-4,6-7,9-11H2,1H3;1H. The highest BCUT2D eigenvalue weighted by Crippen LogP contribution is 2.34. The van der Waals surface area contributed by atoms with Crippen molar-refractivity contribution in [3.8, 4) is 5.75 Å². The van der Waals surface area contributed by atoms with Gasteiger partial charge < -0.3 is 14.8 Å². The molecule has 1 heterocycles. The first-order valence-corrected chi connectivity index (χ1v) is 8.52. The van der Waals surface area contributed by atoms with E-state index in [0.29, 0.717) is 18.6 Å². The van der Waals surface area contributed by atoms with Crippen molar-refractivity contribution in [1.82, 2.24) is 10.2 Å². The van der Waals surface area contributed by atoms with Crippen LogP contribution in [0.1, 0.15) is 24.8 Å². The lowest BCUT2D eigenvalue weighted by Gasteiger charge is -2.28. The van der Waals surface area contributed by atoms with Crippen LogP contribution in [-0.2, 0) is 16.1 Å². The lowest BCUT2D eigenvalue weighted by Crippen LogP contribution is -2.38. The molecule has 1 atom stereocenters. The van der Waals surface area contributed by atoms with Crippen LogP contribution in [0.2, 0.25) is 0 Å². The van der Waals surface area contributed by atoms with Gasteiger partial charge in [-0.15, -0.1) is 12.4 Å². The van der Waals surface area contributed by atoms with Gasteiger partial charge in [0, 0.05) is 31.2 Å². The molecule has 1 aromatic rings. The Hall–Kier alpha value is -1.90. The molecule has 1 saturated heterocycles. The van der Waals surface area contributed by atoms with E-state index in [4.69, 9.17) is 4.74 Å². The summed E-state index contributed by atoms with van der Waals surface area (Å²) in [4.78, 5) is 24.5. The summed E-state index contributed by atoms with van der Waals surface area (Å²) >= 11 is 0. The maximum atomic E-state index is 11.4. The molecule has 3 rings (SSSR count). The Morgan fingerprint density at radius 2 is 2.12 bits per heavy atom. The van der Waals surface area contributed by atoms with Gasteiger partial charge in [0.05, 0.1) is 12.0 Å². The molecule has 0 spiro atoms. The third-order valence-electron chi connectivity index (χ3n) is 4.68. The monoisotopic (exact) mass is 385 g/mol. The van der Waals surface area contributed by atoms with E-state index in [1.54, 1.807) is 12.1 Å². The second-order valence-corrected chi connectivity index (χ2v) is 6.47. The summed E-state index contributed by atoms with van der Waals surface area (Å²) in [5.74, 6) is -0.494. The van der Waals surface area contributed by atoms with Crippen molar-refractivity contribution < 1.29 is 19.2 Å². The van der Waals surface area contributed by atoms with E-state index >= 15 is 0 Å². The van der Waals surface area contributed by atoms with Crippen LogP contribution in [0.25, 0.3) is 0 Å². The number of rotatable bonds is 8. The summed E-state index contributed by atoms with van der Waals surface area (Å²) in [6.45, 7) is 2.33. The fraction of sp³-hybridized carbons (Fsp3) is 0.588. The highest BCUT2D eigenvalue weighted by Gasteiger charge is 2.35. The van der Waals surface area contributed by atoms with E-state index in [-0.39, 0.29) is 30.5 Å². The van der Waals surface area contributed by atoms with Crippen LogP contribution in [0.5, 0.6) is 5.75 Å². The fourth-order valence-electron chi connectivity index (χ4n) is 3.22. The number of esters is 1. The second-order valence-electron chi connectivity index (χ2n) is 6.47. The summed E-state index contributed by atoms with van der Waals surface area (Å²) in [5.41, 5.74) is 0.762. The first-order valence-electron chi connectivity index (χ1n) is 8.52. The largest absolute Gasteiger partial charge is 0.475 e. The van der Waals surface area contributed by atoms with Gasteiger partial charge >= 0.3 is 11.7 Å². The molecular formula is C17H24ClN3O5. The van der Waals surface area contributed by atoms with Gasteiger partial charge in [-0.2, -0.15) is 0 Å². The Morgan fingerprint density at radius 3 is 2.69 bits per heavy atom. The summed E-state index contributed by atoms with van der Waals surface area (Å²) in [7, 11) is 1.24. The van der Waals surface area contributed by atoms with E-state index in [9.17, 15) is 14.9 Å². The van der Waals surface area contributed by atoms with E-state index in [0.717, 1.165) is 25.1 Å². The van der Waals surface area contributed by atoms with Crippen molar-refractivity contribution in [2.24, 2.45) is 0 Å². The number of benzene rings is 1. The zero-order valence-electron chi connectivity index (χ0n) is 14.7. The highest BCUT2D eigenvalue weighted by atomic mass is 35.5. The minimum absolute atomic E-state index is 0. The minimum atomic E-state index is -0.577. The molecular weight excluding hydrogens is 362 g/mol. The lowest BCUT2D eigenvalue weighted by atomic mass is 10.1. The molecule has 2 aliphatic rings. The predicted molar refractivity (Wildman–Crippen MR) is 97.7 cm³/mol. The molecule has 0 bridgehead atoms. The van der Waals surface area contributed by atoms with Gasteiger partial charge in [0.2, 0.25) is 0 Å². The van der Waals surface area contributed by atoms with Crippen LogP contribution < -0.4 is 10.1 Å². The molecule has 1 aromatic carbocycles. The van der Waals surface area contributed by atoms with E-state index in [2.05, 4.69) is 15.0 Å². The van der Waals surface area contributed by atoms with Gasteiger partial charge in [-0.1, -0.05) is 6.07 Å². The summed E-state index contributed by atoms with van der Waals surface area (Å²) in [5, 5.41) is 14.7. The van der Waals surface area contributed by atoms with Gasteiger partial charge in [-0.25, -0.2) is 4.79 Å². The predicted octanol–water partition coefficient (Wildman–Crippen LogP) is 1.89. The zero-order valence-corrected chi connectivity index (χ0v) is 15.5. The molecule has 0 amide bonds. The number of halogens is 1. The number of methoxy groups -OCH3 is 1. The van der Waals surface area contributed by atoms with Crippen LogP contribution in [0.3, 0.4) is 0 Å². The molecule has 1 saturated carbocycles. The molecule has 0 radical (unpaired) electrons. The van der Waals surface area contributed by atoms with Gasteiger partial charge in [0.15, 0.2) is 12.4 Å². The Balaban J connectivity index is 0.00000243. The number of nitro groups is 1. The lowest BCUT2D eigenvalue weighted by molar-refractivity contribution is -0.385. The van der Waals surface area contributed by atoms with Crippen molar-refractivity contribution in [3.63, 3.8) is 0 Å². The quantitative estimate of drug-likeness (QED) is 0.415. The van der Waals surface area contributed by atoms with Crippen molar-refractivity contribution in [3.05, 3.63) is 33.9 Å². The molecule has 1 aliphatic heterocycles. The van der Waals surface area contributed by atoms with E-state index in [1.165, 1.54) is 20.0 Å². The van der Waals surface area contributed by atoms with Gasteiger partial charge in [0.1, 0.15) is 0 Å². The first-order chi connectivity index (χ1) is 12.1. The average Bonchev–Trinajstić information content (AvgIpc) is 3.31. The van der Waals surface area contributed by atoms with Crippen molar-refractivity contribution in [2.45, 2.75) is 37.9 Å². The normalized spacial score (nSPS) is 19.1. The highest BCUT2D eigenvalue weighted by molar-refractivity contribution is 5.85. The number of nitrogens with one attached hydrogen (secondary N) is 1. The number of ether oxygens (including phenoxy) is 2. The smallest absolute Gasteiger partial charge is 0.343 e. The van der Waals surface area contributed by atoms with Crippen molar-refractivity contribution >= 4 is 24.1 Å². The Morgan fingerprint density at radius 1 is 1.35 bits per heavy atom. The third-order valence-corrected chi connectivity index (χ3v) is 4.68.